The van der Waals surface area contributed by atoms with Gasteiger partial charge in [0.15, 0.2) is 4.90 Å². The highest BCUT2D eigenvalue weighted by molar-refractivity contribution is 7.89. The lowest BCUT2D eigenvalue weighted by atomic mass is 10.3. The summed E-state index contributed by atoms with van der Waals surface area (Å²) >= 11 is 0. The van der Waals surface area contributed by atoms with Crippen LogP contribution in [-0.2, 0) is 32.8 Å². The van der Waals surface area contributed by atoms with Gasteiger partial charge in [0.2, 0.25) is 10.0 Å². The second-order valence-corrected chi connectivity index (χ2v) is 8.31. The number of nitro benzene ring substituents is 1. The van der Waals surface area contributed by atoms with Crippen molar-refractivity contribution in [3.8, 4) is 5.75 Å². The predicted octanol–water partition coefficient (Wildman–Crippen LogP) is 0.607. The number of para-hydroxylation sites is 1. The molecule has 0 bridgehead atoms. The topological polar surface area (TPSA) is 169 Å². The summed E-state index contributed by atoms with van der Waals surface area (Å²) in [5, 5.41) is 29.8. The fourth-order valence-electron chi connectivity index (χ4n) is 2.77. The summed E-state index contributed by atoms with van der Waals surface area (Å²) in [6, 6.07) is 7.75. The molecule has 12 nitrogen and oxygen atoms in total. The number of esters is 1. The second kappa shape index (κ2) is 11.5. The van der Waals surface area contributed by atoms with Crippen LogP contribution >= 0.6 is 0 Å². The number of benzene rings is 1. The minimum Gasteiger partial charge on any atom is -0.492 e. The standard InChI is InChI=1S/C19H23N3O9S/c1-30-19(25)6-7-21(32(28,29)18-5-3-2-4-17(18)22(26)27)8-9-31-16-10-14(12-23)20-15(11-16)13-24/h2-5,10-11,23-24H,6-9,12-13H2,1H3. The average Bonchev–Trinajstić information content (AvgIpc) is 2.80. The van der Waals surface area contributed by atoms with Crippen molar-refractivity contribution in [3.05, 3.63) is 57.9 Å². The van der Waals surface area contributed by atoms with Gasteiger partial charge in [-0.05, 0) is 6.07 Å². The van der Waals surface area contributed by atoms with Gasteiger partial charge in [-0.15, -0.1) is 0 Å². The molecule has 0 saturated carbocycles. The number of nitrogens with zero attached hydrogens (tertiary/aromatic N) is 3. The zero-order valence-corrected chi connectivity index (χ0v) is 18.0. The maximum absolute atomic E-state index is 13.1. The van der Waals surface area contributed by atoms with Crippen molar-refractivity contribution in [2.45, 2.75) is 24.5 Å². The van der Waals surface area contributed by atoms with Crippen LogP contribution in [0.15, 0.2) is 41.3 Å². The van der Waals surface area contributed by atoms with E-state index in [1.54, 1.807) is 0 Å². The molecule has 0 radical (unpaired) electrons. The Kier molecular flexibility index (Phi) is 9.02. The van der Waals surface area contributed by atoms with Gasteiger partial charge in [-0.2, -0.15) is 4.31 Å². The van der Waals surface area contributed by atoms with Crippen molar-refractivity contribution >= 4 is 21.7 Å². The van der Waals surface area contributed by atoms with E-state index < -0.39 is 31.5 Å². The van der Waals surface area contributed by atoms with Crippen LogP contribution in [0.2, 0.25) is 0 Å². The Bertz CT molecular complexity index is 1040. The Morgan fingerprint density at radius 2 is 1.78 bits per heavy atom. The summed E-state index contributed by atoms with van der Waals surface area (Å²) in [4.78, 5) is 25.5. The van der Waals surface area contributed by atoms with Crippen LogP contribution in [-0.4, -0.2) is 65.6 Å². The molecule has 0 spiro atoms. The van der Waals surface area contributed by atoms with Crippen molar-refractivity contribution in [1.82, 2.24) is 9.29 Å². The van der Waals surface area contributed by atoms with Gasteiger partial charge in [0.1, 0.15) is 12.4 Å². The largest absolute Gasteiger partial charge is 0.492 e. The van der Waals surface area contributed by atoms with Crippen LogP contribution in [0.25, 0.3) is 0 Å². The van der Waals surface area contributed by atoms with Crippen LogP contribution in [0.3, 0.4) is 0 Å². The number of methoxy groups -OCH3 is 1. The minimum atomic E-state index is -4.35. The zero-order valence-electron chi connectivity index (χ0n) is 17.2. The van der Waals surface area contributed by atoms with E-state index in [2.05, 4.69) is 9.72 Å². The lowest BCUT2D eigenvalue weighted by Gasteiger charge is -2.22. The van der Waals surface area contributed by atoms with Gasteiger partial charge in [0.25, 0.3) is 5.69 Å². The van der Waals surface area contributed by atoms with E-state index in [4.69, 9.17) is 4.74 Å². The molecule has 2 rings (SSSR count). The van der Waals surface area contributed by atoms with E-state index in [9.17, 15) is 33.5 Å². The number of aliphatic hydroxyl groups excluding tert-OH is 2. The molecule has 174 valence electrons. The van der Waals surface area contributed by atoms with Crippen molar-refractivity contribution in [2.24, 2.45) is 0 Å². The molecule has 1 heterocycles. The number of pyridine rings is 1. The summed E-state index contributed by atoms with van der Waals surface area (Å²) in [6.07, 6.45) is -0.269. The quantitative estimate of drug-likeness (QED) is 0.255. The minimum absolute atomic E-state index is 0.180. The molecule has 1 aromatic carbocycles. The van der Waals surface area contributed by atoms with Crippen molar-refractivity contribution < 1.29 is 37.8 Å². The number of rotatable bonds is 12. The van der Waals surface area contributed by atoms with Gasteiger partial charge in [-0.25, -0.2) is 8.42 Å². The summed E-state index contributed by atoms with van der Waals surface area (Å²) in [6.45, 7) is -1.48. The number of hydrogen-bond donors (Lipinski definition) is 2. The number of carbonyl (C=O) groups excluding carboxylic acids is 1. The summed E-state index contributed by atoms with van der Waals surface area (Å²) in [5.41, 5.74) is -0.0888. The first-order chi connectivity index (χ1) is 15.2. The first-order valence-electron chi connectivity index (χ1n) is 9.37. The number of ether oxygens (including phenoxy) is 2. The van der Waals surface area contributed by atoms with Crippen molar-refractivity contribution in [3.63, 3.8) is 0 Å². The molecule has 0 aliphatic rings. The molecule has 0 amide bonds. The van der Waals surface area contributed by atoms with Gasteiger partial charge in [0, 0.05) is 31.3 Å². The first kappa shape index (κ1) is 25.1. The molecule has 2 N–H and O–H groups in total. The molecule has 0 saturated heterocycles. The number of sulfonamides is 1. The summed E-state index contributed by atoms with van der Waals surface area (Å²) < 4.78 is 37.3. The molecule has 0 atom stereocenters. The molecule has 32 heavy (non-hydrogen) atoms. The third-order valence-electron chi connectivity index (χ3n) is 4.31. The van der Waals surface area contributed by atoms with Gasteiger partial charge in [-0.3, -0.25) is 19.9 Å². The number of nitro groups is 1. The Morgan fingerprint density at radius 1 is 1.16 bits per heavy atom. The highest BCUT2D eigenvalue weighted by Gasteiger charge is 2.31. The summed E-state index contributed by atoms with van der Waals surface area (Å²) in [7, 11) is -3.19. The molecule has 2 aromatic rings. The number of aliphatic hydroxyl groups is 2. The van der Waals surface area contributed by atoms with E-state index >= 15 is 0 Å². The van der Waals surface area contributed by atoms with Crippen LogP contribution < -0.4 is 4.74 Å². The van der Waals surface area contributed by atoms with Crippen LogP contribution in [0, 0.1) is 10.1 Å². The Morgan fingerprint density at radius 3 is 2.34 bits per heavy atom. The van der Waals surface area contributed by atoms with Crippen LogP contribution in [0.4, 0.5) is 5.69 Å². The van der Waals surface area contributed by atoms with E-state index in [0.717, 1.165) is 23.5 Å². The molecule has 0 unspecified atom stereocenters. The SMILES string of the molecule is COC(=O)CCN(CCOc1cc(CO)nc(CO)c1)S(=O)(=O)c1ccccc1[N+](=O)[O-]. The lowest BCUT2D eigenvalue weighted by Crippen LogP contribution is -2.36. The maximum Gasteiger partial charge on any atom is 0.306 e. The molecule has 1 aromatic heterocycles. The molecular formula is C19H23N3O9S. The highest BCUT2D eigenvalue weighted by atomic mass is 32.2. The molecule has 13 heteroatoms. The summed E-state index contributed by atoms with van der Waals surface area (Å²) in [5.74, 6) is -0.410. The Labute approximate surface area is 184 Å². The Balaban J connectivity index is 2.26. The van der Waals surface area contributed by atoms with Gasteiger partial charge in [-0.1, -0.05) is 12.1 Å². The van der Waals surface area contributed by atoms with E-state index in [0.29, 0.717) is 0 Å². The van der Waals surface area contributed by atoms with Crippen molar-refractivity contribution in [2.75, 3.05) is 26.8 Å². The van der Waals surface area contributed by atoms with Gasteiger partial charge >= 0.3 is 5.97 Å². The second-order valence-electron chi connectivity index (χ2n) is 6.41. The first-order valence-corrected chi connectivity index (χ1v) is 10.8. The normalized spacial score (nSPS) is 11.4. The molecule has 0 aliphatic heterocycles. The fraction of sp³-hybridized carbons (Fsp3) is 0.368. The number of aromatic nitrogens is 1. The van der Waals surface area contributed by atoms with E-state index in [-0.39, 0.29) is 56.5 Å². The maximum atomic E-state index is 13.1. The molecule has 0 fully saturated rings. The Hall–Kier alpha value is -3.13. The predicted molar refractivity (Wildman–Crippen MR) is 110 cm³/mol. The number of carbonyl (C=O) groups is 1. The van der Waals surface area contributed by atoms with Gasteiger partial charge < -0.3 is 19.7 Å². The smallest absolute Gasteiger partial charge is 0.306 e. The van der Waals surface area contributed by atoms with E-state index in [1.807, 2.05) is 0 Å². The van der Waals surface area contributed by atoms with Crippen LogP contribution in [0.1, 0.15) is 17.8 Å². The van der Waals surface area contributed by atoms with Crippen LogP contribution in [0.5, 0.6) is 5.75 Å². The number of hydrogen-bond acceptors (Lipinski definition) is 10. The monoisotopic (exact) mass is 469 g/mol. The fourth-order valence-corrected chi connectivity index (χ4v) is 4.35. The lowest BCUT2D eigenvalue weighted by molar-refractivity contribution is -0.387. The van der Waals surface area contributed by atoms with Gasteiger partial charge in [0.05, 0.1) is 43.1 Å². The third-order valence-corrected chi connectivity index (χ3v) is 6.26. The molecular weight excluding hydrogens is 446 g/mol. The van der Waals surface area contributed by atoms with Crippen molar-refractivity contribution in [1.29, 1.82) is 0 Å². The highest BCUT2D eigenvalue weighted by Crippen LogP contribution is 2.26. The molecule has 0 aliphatic carbocycles. The zero-order chi connectivity index (χ0) is 23.7. The average molecular weight is 469 g/mol. The third kappa shape index (κ3) is 6.43. The van der Waals surface area contributed by atoms with E-state index in [1.165, 1.54) is 24.3 Å².